The average molecular weight is 668 g/mol. The van der Waals surface area contributed by atoms with E-state index in [4.69, 9.17) is 15.0 Å². The second kappa shape index (κ2) is 12.1. The van der Waals surface area contributed by atoms with Gasteiger partial charge in [-0.2, -0.15) is 0 Å². The zero-order chi connectivity index (χ0) is 33.7. The molecule has 0 spiro atoms. The number of hydrogen-bond acceptors (Lipinski definition) is 4. The van der Waals surface area contributed by atoms with Crippen LogP contribution in [0, 0.1) is 0 Å². The molecule has 0 radical (unpaired) electrons. The predicted octanol–water partition coefficient (Wildman–Crippen LogP) is 12.9. The van der Waals surface area contributed by atoms with Gasteiger partial charge in [0.25, 0.3) is 0 Å². The normalized spacial score (nSPS) is 11.5. The van der Waals surface area contributed by atoms with Crippen LogP contribution in [0.25, 0.3) is 98.1 Å². The molecule has 0 unspecified atom stereocenters. The number of rotatable bonds is 5. The van der Waals surface area contributed by atoms with Gasteiger partial charge in [0.05, 0.1) is 33.6 Å². The van der Waals surface area contributed by atoms with Gasteiger partial charge in [-0.1, -0.05) is 152 Å². The van der Waals surface area contributed by atoms with Gasteiger partial charge >= 0.3 is 0 Å². The molecule has 0 aliphatic carbocycles. The van der Waals surface area contributed by atoms with Crippen molar-refractivity contribution in [3.8, 4) is 55.3 Å². The Bertz CT molecular complexity index is 2880. The van der Waals surface area contributed by atoms with Crippen molar-refractivity contribution >= 4 is 54.1 Å². The third-order valence-electron chi connectivity index (χ3n) is 9.65. The van der Waals surface area contributed by atoms with Crippen molar-refractivity contribution in [3.63, 3.8) is 0 Å². The molecule has 0 fully saturated rings. The van der Waals surface area contributed by atoms with Crippen molar-refractivity contribution in [2.24, 2.45) is 0 Å². The highest BCUT2D eigenvalue weighted by atomic mass is 32.1. The Morgan fingerprint density at radius 1 is 0.392 bits per heavy atom. The van der Waals surface area contributed by atoms with Crippen LogP contribution in [0.5, 0.6) is 0 Å². The smallest absolute Gasteiger partial charge is 0.0972 e. The lowest BCUT2D eigenvalue weighted by Gasteiger charge is -2.12. The van der Waals surface area contributed by atoms with Gasteiger partial charge in [-0.3, -0.25) is 0 Å². The maximum Gasteiger partial charge on any atom is 0.0972 e. The minimum atomic E-state index is 0.902. The van der Waals surface area contributed by atoms with Crippen molar-refractivity contribution in [1.29, 1.82) is 0 Å². The van der Waals surface area contributed by atoms with Crippen LogP contribution in [0.3, 0.4) is 0 Å². The number of hydrogen-bond donors (Lipinski definition) is 0. The molecule has 0 atom stereocenters. The van der Waals surface area contributed by atoms with E-state index in [0.29, 0.717) is 0 Å². The van der Waals surface area contributed by atoms with Crippen LogP contribution >= 0.6 is 11.3 Å². The Labute approximate surface area is 299 Å². The Hall–Kier alpha value is -6.49. The van der Waals surface area contributed by atoms with Crippen molar-refractivity contribution in [1.82, 2.24) is 15.0 Å². The van der Waals surface area contributed by atoms with E-state index >= 15 is 0 Å². The summed E-state index contributed by atoms with van der Waals surface area (Å²) >= 11 is 1.85. The highest BCUT2D eigenvalue weighted by molar-refractivity contribution is 7.24. The summed E-state index contributed by atoms with van der Waals surface area (Å²) in [7, 11) is 0. The first-order valence-electron chi connectivity index (χ1n) is 17.1. The molecule has 51 heavy (non-hydrogen) atoms. The van der Waals surface area contributed by atoms with Crippen molar-refractivity contribution in [3.05, 3.63) is 176 Å². The van der Waals surface area contributed by atoms with Crippen LogP contribution in [-0.4, -0.2) is 15.0 Å². The highest BCUT2D eigenvalue weighted by Gasteiger charge is 2.23. The van der Waals surface area contributed by atoms with Crippen LogP contribution in [0.2, 0.25) is 0 Å². The van der Waals surface area contributed by atoms with Crippen molar-refractivity contribution in [2.45, 2.75) is 0 Å². The quantitative estimate of drug-likeness (QED) is 0.171. The number of pyridine rings is 3. The Balaban J connectivity index is 1.23. The molecule has 0 aliphatic rings. The Morgan fingerprint density at radius 2 is 0.902 bits per heavy atom. The van der Waals surface area contributed by atoms with Gasteiger partial charge in [-0.05, 0) is 35.4 Å². The largest absolute Gasteiger partial charge is 0.247 e. The highest BCUT2D eigenvalue weighted by Crippen LogP contribution is 2.50. The van der Waals surface area contributed by atoms with E-state index in [0.717, 1.165) is 66.5 Å². The van der Waals surface area contributed by atoms with Gasteiger partial charge in [0.1, 0.15) is 0 Å². The fourth-order valence-corrected chi connectivity index (χ4v) is 8.53. The summed E-state index contributed by atoms with van der Waals surface area (Å²) in [4.78, 5) is 17.1. The lowest BCUT2D eigenvalue weighted by atomic mass is 9.94. The first-order valence-corrected chi connectivity index (χ1v) is 17.9. The second-order valence-electron chi connectivity index (χ2n) is 12.8. The lowest BCUT2D eigenvalue weighted by Crippen LogP contribution is -1.92. The predicted molar refractivity (Wildman–Crippen MR) is 215 cm³/mol. The first kappa shape index (κ1) is 29.4. The first-order chi connectivity index (χ1) is 25.3. The minimum Gasteiger partial charge on any atom is -0.247 e. The van der Waals surface area contributed by atoms with Crippen molar-refractivity contribution in [2.75, 3.05) is 0 Å². The molecule has 0 N–H and O–H groups in total. The molecule has 0 saturated heterocycles. The van der Waals surface area contributed by atoms with Gasteiger partial charge in [0, 0.05) is 53.4 Å². The van der Waals surface area contributed by atoms with Crippen molar-refractivity contribution < 1.29 is 0 Å². The molecule has 0 bridgehead atoms. The molecular weight excluding hydrogens is 639 g/mol. The summed E-state index contributed by atoms with van der Waals surface area (Å²) in [6, 6.07) is 61.8. The summed E-state index contributed by atoms with van der Waals surface area (Å²) < 4.78 is 1.22. The summed E-state index contributed by atoms with van der Waals surface area (Å²) in [6.45, 7) is 0. The second-order valence-corrected chi connectivity index (χ2v) is 13.8. The van der Waals surface area contributed by atoms with Gasteiger partial charge in [-0.15, -0.1) is 11.3 Å². The SMILES string of the molecule is c1ccc(-c2ccc3ccc4ccc(-c5ccc6nc(-c7ccccc7)c7c(-c8ccccc8)c(-c8ccccc8)sc7c6c5)nc4c3n2)cc1. The summed E-state index contributed by atoms with van der Waals surface area (Å²) in [5.74, 6) is 0. The fourth-order valence-electron chi connectivity index (χ4n) is 7.17. The number of fused-ring (bicyclic) bond motifs is 6. The maximum absolute atomic E-state index is 5.41. The molecule has 0 aliphatic heterocycles. The van der Waals surface area contributed by atoms with E-state index < -0.39 is 0 Å². The number of thiophene rings is 1. The van der Waals surface area contributed by atoms with E-state index in [1.54, 1.807) is 0 Å². The van der Waals surface area contributed by atoms with Crippen LogP contribution in [0.15, 0.2) is 176 Å². The van der Waals surface area contributed by atoms with E-state index in [-0.39, 0.29) is 0 Å². The molecule has 4 heterocycles. The fraction of sp³-hybridized carbons (Fsp3) is 0. The minimum absolute atomic E-state index is 0.902. The zero-order valence-electron chi connectivity index (χ0n) is 27.5. The van der Waals surface area contributed by atoms with Gasteiger partial charge < -0.3 is 0 Å². The number of nitrogens with zero attached hydrogens (tertiary/aromatic N) is 3. The zero-order valence-corrected chi connectivity index (χ0v) is 28.3. The Morgan fingerprint density at radius 3 is 1.51 bits per heavy atom. The third-order valence-corrected chi connectivity index (χ3v) is 10.9. The topological polar surface area (TPSA) is 38.7 Å². The van der Waals surface area contributed by atoms with Crippen LogP contribution < -0.4 is 0 Å². The molecule has 10 aromatic rings. The summed E-state index contributed by atoms with van der Waals surface area (Å²) in [6.07, 6.45) is 0. The third kappa shape index (κ3) is 5.08. The lowest BCUT2D eigenvalue weighted by molar-refractivity contribution is 1.36. The van der Waals surface area contributed by atoms with E-state index in [9.17, 15) is 0 Å². The molecule has 0 amide bonds. The van der Waals surface area contributed by atoms with E-state index in [1.807, 2.05) is 29.5 Å². The molecule has 3 nitrogen and oxygen atoms in total. The molecule has 4 aromatic heterocycles. The summed E-state index contributed by atoms with van der Waals surface area (Å²) in [5.41, 5.74) is 12.5. The van der Waals surface area contributed by atoms with Gasteiger partial charge in [0.15, 0.2) is 0 Å². The molecular formula is C47H29N3S. The van der Waals surface area contributed by atoms with Crippen LogP contribution in [0.4, 0.5) is 0 Å². The maximum atomic E-state index is 5.41. The number of benzene rings is 6. The molecule has 6 aromatic carbocycles. The molecule has 10 rings (SSSR count). The van der Waals surface area contributed by atoms with Crippen LogP contribution in [0.1, 0.15) is 0 Å². The van der Waals surface area contributed by atoms with Crippen LogP contribution in [-0.2, 0) is 0 Å². The van der Waals surface area contributed by atoms with E-state index in [2.05, 4.69) is 158 Å². The average Bonchev–Trinajstić information content (AvgIpc) is 3.62. The summed E-state index contributed by atoms with van der Waals surface area (Å²) in [5, 5.41) is 4.44. The molecule has 238 valence electrons. The standard InChI is InChI=1S/C47H29N3S/c1-5-13-30(14-6-1)38-26-23-33-21-22-34-24-27-39(49-45(34)44(33)48-38)36-25-28-40-37(29-36)47-42(43(50-40)32-17-9-3-10-18-32)41(31-15-7-2-8-16-31)46(51-47)35-19-11-4-12-20-35/h1-29H. The molecule has 0 saturated carbocycles. The van der Waals surface area contributed by atoms with Gasteiger partial charge in [0.2, 0.25) is 0 Å². The van der Waals surface area contributed by atoms with E-state index in [1.165, 1.54) is 31.7 Å². The Kier molecular flexibility index (Phi) is 7.00. The number of aromatic nitrogens is 3. The van der Waals surface area contributed by atoms with Gasteiger partial charge in [-0.25, -0.2) is 15.0 Å². The molecule has 4 heteroatoms. The monoisotopic (exact) mass is 667 g/mol.